The highest BCUT2D eigenvalue weighted by molar-refractivity contribution is 6.00. The second kappa shape index (κ2) is 5.72. The smallest absolute Gasteiger partial charge is 0.417 e. The number of likely N-dealkylation sites (tertiary alicyclic amines) is 1. The predicted molar refractivity (Wildman–Crippen MR) is 63.0 cm³/mol. The summed E-state index contributed by atoms with van der Waals surface area (Å²) >= 11 is 0. The molecule has 114 valence electrons. The van der Waals surface area contributed by atoms with E-state index in [0.717, 1.165) is 7.11 Å². The molecule has 1 saturated heterocycles. The zero-order valence-electron chi connectivity index (χ0n) is 11.7. The summed E-state index contributed by atoms with van der Waals surface area (Å²) in [6, 6.07) is -1.37. The first kappa shape index (κ1) is 16.3. The first-order chi connectivity index (χ1) is 9.08. The van der Waals surface area contributed by atoms with Crippen LogP contribution in [0, 0.1) is 5.92 Å². The first-order valence-corrected chi connectivity index (χ1v) is 6.00. The molecule has 0 aromatic carbocycles. The lowest BCUT2D eigenvalue weighted by Gasteiger charge is -2.26. The van der Waals surface area contributed by atoms with Gasteiger partial charge in [-0.1, -0.05) is 0 Å². The molecule has 6 nitrogen and oxygen atoms in total. The fraction of sp³-hybridized carbons (Fsp3) is 0.750. The van der Waals surface area contributed by atoms with Gasteiger partial charge in [0.05, 0.1) is 7.11 Å². The van der Waals surface area contributed by atoms with Crippen molar-refractivity contribution >= 4 is 18.0 Å². The predicted octanol–water partition coefficient (Wildman–Crippen LogP) is 1.58. The van der Waals surface area contributed by atoms with E-state index in [1.807, 2.05) is 0 Å². The molecule has 0 saturated carbocycles. The van der Waals surface area contributed by atoms with Gasteiger partial charge in [-0.2, -0.15) is 0 Å². The third kappa shape index (κ3) is 3.43. The van der Waals surface area contributed by atoms with Crippen molar-refractivity contribution in [3.63, 3.8) is 0 Å². The van der Waals surface area contributed by atoms with Crippen LogP contribution in [0.5, 0.6) is 0 Å². The molecule has 0 aliphatic carbocycles. The summed E-state index contributed by atoms with van der Waals surface area (Å²) in [5.74, 6) is -3.75. The average molecular weight is 293 g/mol. The number of carbonyl (C=O) groups is 3. The maximum Gasteiger partial charge on any atom is 0.417 e. The highest BCUT2D eigenvalue weighted by atomic mass is 19.3. The van der Waals surface area contributed by atoms with Crippen molar-refractivity contribution in [1.29, 1.82) is 0 Å². The van der Waals surface area contributed by atoms with E-state index in [0.29, 0.717) is 4.90 Å². The quantitative estimate of drug-likeness (QED) is 0.723. The normalized spacial score (nSPS) is 23.1. The number of imide groups is 1. The minimum atomic E-state index is -2.96. The Kier molecular flexibility index (Phi) is 4.67. The van der Waals surface area contributed by atoms with Crippen molar-refractivity contribution in [2.45, 2.75) is 45.3 Å². The fourth-order valence-corrected chi connectivity index (χ4v) is 1.86. The lowest BCUT2D eigenvalue weighted by molar-refractivity contribution is -0.149. The molecule has 1 fully saturated rings. The Labute approximate surface area is 115 Å². The molecule has 8 heteroatoms. The van der Waals surface area contributed by atoms with E-state index >= 15 is 0 Å². The minimum absolute atomic E-state index is 0.425. The topological polar surface area (TPSA) is 72.9 Å². The van der Waals surface area contributed by atoms with Gasteiger partial charge in [0.2, 0.25) is 12.3 Å². The molecule has 1 heterocycles. The summed E-state index contributed by atoms with van der Waals surface area (Å²) in [5.41, 5.74) is -0.916. The summed E-state index contributed by atoms with van der Waals surface area (Å²) in [7, 11) is 1.05. The van der Waals surface area contributed by atoms with Gasteiger partial charge in [0, 0.05) is 0 Å². The van der Waals surface area contributed by atoms with Crippen LogP contribution in [0.1, 0.15) is 27.2 Å². The average Bonchev–Trinajstić information content (AvgIpc) is 2.63. The molecular formula is C12H17F2NO5. The number of alkyl halides is 2. The van der Waals surface area contributed by atoms with Gasteiger partial charge in [-0.15, -0.1) is 0 Å². The number of rotatable bonds is 2. The Morgan fingerprint density at radius 3 is 2.30 bits per heavy atom. The van der Waals surface area contributed by atoms with Gasteiger partial charge in [0.15, 0.2) is 0 Å². The molecule has 0 N–H and O–H groups in total. The van der Waals surface area contributed by atoms with Crippen LogP contribution >= 0.6 is 0 Å². The SMILES string of the molecule is COC(=O)[C@@H]1C[C@H](C(F)F)C(=O)N1C(=O)OC(C)(C)C. The van der Waals surface area contributed by atoms with Crippen molar-refractivity contribution in [1.82, 2.24) is 4.90 Å². The van der Waals surface area contributed by atoms with E-state index in [1.165, 1.54) is 0 Å². The summed E-state index contributed by atoms with van der Waals surface area (Å²) in [5, 5.41) is 0. The number of hydrogen-bond donors (Lipinski definition) is 0. The molecule has 0 aromatic rings. The minimum Gasteiger partial charge on any atom is -0.467 e. The van der Waals surface area contributed by atoms with Crippen LogP contribution in [0.4, 0.5) is 13.6 Å². The van der Waals surface area contributed by atoms with Crippen molar-refractivity contribution in [3.8, 4) is 0 Å². The van der Waals surface area contributed by atoms with Gasteiger partial charge >= 0.3 is 12.1 Å². The standard InChI is InChI=1S/C12H17F2NO5/c1-12(2,3)20-11(18)15-7(10(17)19-4)5-6(8(13)14)9(15)16/h6-8H,5H2,1-4H3/t6-,7+/m1/s1. The highest BCUT2D eigenvalue weighted by Gasteiger charge is 2.51. The van der Waals surface area contributed by atoms with Crippen LogP contribution in [0.2, 0.25) is 0 Å². The van der Waals surface area contributed by atoms with Crippen molar-refractivity contribution in [3.05, 3.63) is 0 Å². The van der Waals surface area contributed by atoms with Gasteiger partial charge in [0.25, 0.3) is 0 Å². The maximum atomic E-state index is 12.8. The van der Waals surface area contributed by atoms with Gasteiger partial charge in [0.1, 0.15) is 17.6 Å². The molecule has 2 amide bonds. The number of ether oxygens (including phenoxy) is 2. The number of hydrogen-bond acceptors (Lipinski definition) is 5. The molecule has 1 rings (SSSR count). The summed E-state index contributed by atoms with van der Waals surface area (Å²) < 4.78 is 34.9. The monoisotopic (exact) mass is 293 g/mol. The van der Waals surface area contributed by atoms with Gasteiger partial charge in [-0.25, -0.2) is 23.3 Å². The second-order valence-electron chi connectivity index (χ2n) is 5.40. The van der Waals surface area contributed by atoms with Gasteiger partial charge < -0.3 is 9.47 Å². The Bertz CT molecular complexity index is 419. The van der Waals surface area contributed by atoms with E-state index in [-0.39, 0.29) is 0 Å². The van der Waals surface area contributed by atoms with E-state index in [9.17, 15) is 23.2 Å². The van der Waals surface area contributed by atoms with Crippen LogP contribution in [0.3, 0.4) is 0 Å². The van der Waals surface area contributed by atoms with Crippen LogP contribution in [-0.4, -0.2) is 48.0 Å². The lowest BCUT2D eigenvalue weighted by Crippen LogP contribution is -2.46. The van der Waals surface area contributed by atoms with Crippen LogP contribution in [-0.2, 0) is 19.1 Å². The fourth-order valence-electron chi connectivity index (χ4n) is 1.86. The molecule has 0 bridgehead atoms. The molecule has 20 heavy (non-hydrogen) atoms. The summed E-state index contributed by atoms with van der Waals surface area (Å²) in [6.45, 7) is 4.68. The Balaban J connectivity index is 3.01. The van der Waals surface area contributed by atoms with Crippen molar-refractivity contribution < 1.29 is 32.6 Å². The molecule has 2 atom stereocenters. The molecule has 0 radical (unpaired) electrons. The molecular weight excluding hydrogens is 276 g/mol. The highest BCUT2D eigenvalue weighted by Crippen LogP contribution is 2.31. The van der Waals surface area contributed by atoms with E-state index < -0.39 is 48.4 Å². The number of nitrogens with zero attached hydrogens (tertiary/aromatic N) is 1. The number of amides is 2. The molecule has 0 spiro atoms. The van der Waals surface area contributed by atoms with Gasteiger partial charge in [-0.05, 0) is 27.2 Å². The largest absolute Gasteiger partial charge is 0.467 e. The first-order valence-electron chi connectivity index (χ1n) is 6.00. The molecule has 1 aliphatic heterocycles. The molecule has 0 aromatic heterocycles. The van der Waals surface area contributed by atoms with Crippen LogP contribution in [0.15, 0.2) is 0 Å². The third-order valence-electron chi connectivity index (χ3n) is 2.71. The Morgan fingerprint density at radius 1 is 1.35 bits per heavy atom. The van der Waals surface area contributed by atoms with E-state index in [4.69, 9.17) is 4.74 Å². The molecule has 0 unspecified atom stereocenters. The third-order valence-corrected chi connectivity index (χ3v) is 2.71. The zero-order chi connectivity index (χ0) is 15.7. The van der Waals surface area contributed by atoms with Crippen LogP contribution in [0.25, 0.3) is 0 Å². The van der Waals surface area contributed by atoms with Crippen molar-refractivity contribution in [2.75, 3.05) is 7.11 Å². The van der Waals surface area contributed by atoms with E-state index in [1.54, 1.807) is 20.8 Å². The van der Waals surface area contributed by atoms with E-state index in [2.05, 4.69) is 4.74 Å². The van der Waals surface area contributed by atoms with Crippen molar-refractivity contribution in [2.24, 2.45) is 5.92 Å². The maximum absolute atomic E-state index is 12.8. The summed E-state index contributed by atoms with van der Waals surface area (Å²) in [4.78, 5) is 35.7. The number of carbonyl (C=O) groups excluding carboxylic acids is 3. The number of halogens is 2. The Morgan fingerprint density at radius 2 is 1.90 bits per heavy atom. The lowest BCUT2D eigenvalue weighted by atomic mass is 10.1. The zero-order valence-corrected chi connectivity index (χ0v) is 11.7. The second-order valence-corrected chi connectivity index (χ2v) is 5.40. The Hall–Kier alpha value is -1.73. The van der Waals surface area contributed by atoms with Crippen LogP contribution < -0.4 is 0 Å². The summed E-state index contributed by atoms with van der Waals surface area (Å²) in [6.07, 6.45) is -4.55. The number of methoxy groups -OCH3 is 1. The molecule has 1 aliphatic rings. The number of esters is 1. The van der Waals surface area contributed by atoms with Gasteiger partial charge in [-0.3, -0.25) is 4.79 Å².